The summed E-state index contributed by atoms with van der Waals surface area (Å²) in [5.41, 5.74) is 7.34. The maximum atomic E-state index is 9.70. The van der Waals surface area contributed by atoms with Crippen molar-refractivity contribution in [3.05, 3.63) is 27.8 Å². The molecule has 3 heteroatoms. The molecule has 0 fully saturated rings. The number of hydrogen-bond acceptors (Lipinski definition) is 0. The predicted molar refractivity (Wildman–Crippen MR) is 47.9 cm³/mol. The van der Waals surface area contributed by atoms with E-state index in [1.54, 1.807) is 0 Å². The van der Waals surface area contributed by atoms with Crippen molar-refractivity contribution in [2.45, 2.75) is 34.6 Å². The van der Waals surface area contributed by atoms with Gasteiger partial charge < -0.3 is 0 Å². The van der Waals surface area contributed by atoms with Gasteiger partial charge in [0.1, 0.15) is 0 Å². The molecule has 0 aliphatic carbocycles. The predicted octanol–water partition coefficient (Wildman–Crippen LogP) is 3.79. The van der Waals surface area contributed by atoms with Gasteiger partial charge in [-0.1, -0.05) is 34.6 Å². The molecule has 13 heavy (non-hydrogen) atoms. The molecule has 0 heterocycles. The van der Waals surface area contributed by atoms with E-state index in [0.29, 0.717) is 0 Å². The van der Waals surface area contributed by atoms with Crippen LogP contribution < -0.4 is 0 Å². The Kier molecular flexibility index (Phi) is 5.47. The Bertz CT molecular complexity index is 197. The van der Waals surface area contributed by atoms with Crippen molar-refractivity contribution in [2.24, 2.45) is 0 Å². The van der Waals surface area contributed by atoms with Crippen LogP contribution >= 0.6 is 0 Å². The molecule has 1 aromatic carbocycles. The van der Waals surface area contributed by atoms with Gasteiger partial charge in [-0.25, -0.2) is 0 Å². The summed E-state index contributed by atoms with van der Waals surface area (Å²) in [5, 5.41) is 0. The van der Waals surface area contributed by atoms with Crippen molar-refractivity contribution >= 4 is 0 Å². The van der Waals surface area contributed by atoms with Crippen LogP contribution in [0.1, 0.15) is 27.8 Å². The standard InChI is InChI=1S/C10H15.2FH.Rh/c1-6-7(2)9(4)10(5)8(6)3;;;/h1-5H3;2*1H;/q-1;;;+3/p-2. The van der Waals surface area contributed by atoms with E-state index in [1.165, 1.54) is 27.8 Å². The molecule has 0 atom stereocenters. The zero-order valence-electron chi connectivity index (χ0n) is 8.59. The third kappa shape index (κ3) is 2.91. The summed E-state index contributed by atoms with van der Waals surface area (Å²) >= 11 is -2.17. The molecule has 78 valence electrons. The molecule has 0 nitrogen and oxygen atoms in total. The fourth-order valence-corrected chi connectivity index (χ4v) is 1.41. The molecule has 0 spiro atoms. The van der Waals surface area contributed by atoms with Crippen molar-refractivity contribution in [1.82, 2.24) is 0 Å². The quantitative estimate of drug-likeness (QED) is 0.499. The summed E-state index contributed by atoms with van der Waals surface area (Å²) in [7, 11) is 0. The van der Waals surface area contributed by atoms with Gasteiger partial charge in [0.2, 0.25) is 0 Å². The van der Waals surface area contributed by atoms with Crippen molar-refractivity contribution in [1.29, 1.82) is 0 Å². The zero-order chi connectivity index (χ0) is 10.6. The van der Waals surface area contributed by atoms with Crippen molar-refractivity contribution in [3.8, 4) is 0 Å². The second-order valence-corrected chi connectivity index (χ2v) is 3.41. The Morgan fingerprint density at radius 3 is 1.23 bits per heavy atom. The Hall–Kier alpha value is -0.167. The van der Waals surface area contributed by atoms with Gasteiger partial charge in [-0.15, -0.1) is 0 Å². The van der Waals surface area contributed by atoms with E-state index >= 15 is 0 Å². The van der Waals surface area contributed by atoms with Crippen molar-refractivity contribution in [2.75, 3.05) is 0 Å². The first-order valence-electron chi connectivity index (χ1n) is 4.00. The summed E-state index contributed by atoms with van der Waals surface area (Å²) in [6.07, 6.45) is 0. The number of rotatable bonds is 0. The van der Waals surface area contributed by atoms with Crippen LogP contribution in [0.5, 0.6) is 0 Å². The van der Waals surface area contributed by atoms with E-state index in [4.69, 9.17) is 0 Å². The second kappa shape index (κ2) is 5.54. The fraction of sp³-hybridized carbons (Fsp3) is 0.500. The minimum atomic E-state index is -2.17. The number of halogens is 2. The van der Waals surface area contributed by atoms with Gasteiger partial charge in [0, 0.05) is 0 Å². The molecule has 0 N–H and O–H groups in total. The van der Waals surface area contributed by atoms with Crippen LogP contribution in [0.3, 0.4) is 0 Å². The molecule has 1 rings (SSSR count). The van der Waals surface area contributed by atoms with Gasteiger partial charge in [0.15, 0.2) is 0 Å². The van der Waals surface area contributed by atoms with E-state index in [2.05, 4.69) is 34.6 Å². The van der Waals surface area contributed by atoms with Crippen LogP contribution in [-0.2, 0) is 18.1 Å². The molecule has 0 aromatic heterocycles. The summed E-state index contributed by atoms with van der Waals surface area (Å²) in [5.74, 6) is 0. The molecule has 0 aliphatic rings. The first-order valence-corrected chi connectivity index (χ1v) is 5.24. The summed E-state index contributed by atoms with van der Waals surface area (Å²) < 4.78 is 19.4. The van der Waals surface area contributed by atoms with Crippen LogP contribution in [0, 0.1) is 34.6 Å². The normalized spacial score (nSPS) is 9.77. The van der Waals surface area contributed by atoms with Gasteiger partial charge in [0.25, 0.3) is 0 Å². The van der Waals surface area contributed by atoms with Crippen LogP contribution in [0.2, 0.25) is 0 Å². The SMILES string of the molecule is Cc1c(C)c(C)[c-](C)c1C.[F][Rh+][F]. The first-order chi connectivity index (χ1) is 5.97. The van der Waals surface area contributed by atoms with Crippen LogP contribution in [0.25, 0.3) is 0 Å². The third-order valence-electron chi connectivity index (χ3n) is 2.81. The molecular weight excluding hydrogens is 261 g/mol. The van der Waals surface area contributed by atoms with Crippen molar-refractivity contribution < 1.29 is 24.8 Å². The molecule has 0 bridgehead atoms. The van der Waals surface area contributed by atoms with Crippen LogP contribution in [-0.4, -0.2) is 0 Å². The molecule has 1 aromatic rings. The fourth-order valence-electron chi connectivity index (χ4n) is 1.41. The summed E-state index contributed by atoms with van der Waals surface area (Å²) in [4.78, 5) is 0. The molecular formula is C10H15F2Rh. The van der Waals surface area contributed by atoms with Crippen LogP contribution in [0.4, 0.5) is 6.63 Å². The van der Waals surface area contributed by atoms with E-state index in [9.17, 15) is 6.63 Å². The van der Waals surface area contributed by atoms with Gasteiger partial charge in [-0.3, -0.25) is 0 Å². The second-order valence-electron chi connectivity index (χ2n) is 3.17. The van der Waals surface area contributed by atoms with E-state index in [0.717, 1.165) is 0 Å². The van der Waals surface area contributed by atoms with E-state index < -0.39 is 18.1 Å². The Morgan fingerprint density at radius 1 is 0.923 bits per heavy atom. The van der Waals surface area contributed by atoms with Crippen LogP contribution in [0.15, 0.2) is 0 Å². The molecule has 0 saturated heterocycles. The Morgan fingerprint density at radius 2 is 1.15 bits per heavy atom. The van der Waals surface area contributed by atoms with E-state index in [-0.39, 0.29) is 0 Å². The zero-order valence-corrected chi connectivity index (χ0v) is 10.2. The van der Waals surface area contributed by atoms with Crippen molar-refractivity contribution in [3.63, 3.8) is 0 Å². The average molecular weight is 276 g/mol. The monoisotopic (exact) mass is 276 g/mol. The molecule has 0 radical (unpaired) electrons. The topological polar surface area (TPSA) is 0 Å². The Balaban J connectivity index is 0.000000424. The minimum absolute atomic E-state index is 1.47. The third-order valence-corrected chi connectivity index (χ3v) is 2.81. The molecule has 0 amide bonds. The van der Waals surface area contributed by atoms with E-state index in [1.807, 2.05) is 0 Å². The van der Waals surface area contributed by atoms with Gasteiger partial charge in [0.05, 0.1) is 0 Å². The molecule has 0 unspecified atom stereocenters. The van der Waals surface area contributed by atoms with Gasteiger partial charge in [-0.05, 0) is 0 Å². The molecule has 0 aliphatic heterocycles. The average Bonchev–Trinajstić information content (AvgIpc) is 2.25. The molecule has 0 saturated carbocycles. The Labute approximate surface area is 87.5 Å². The number of hydrogen-bond donors (Lipinski definition) is 0. The summed E-state index contributed by atoms with van der Waals surface area (Å²) in [6.45, 7) is 11.0. The van der Waals surface area contributed by atoms with Gasteiger partial charge in [-0.2, -0.15) is 27.8 Å². The first kappa shape index (κ1) is 12.8. The maximum absolute atomic E-state index is 9.70. The van der Waals surface area contributed by atoms with Gasteiger partial charge >= 0.3 is 24.8 Å². The summed E-state index contributed by atoms with van der Waals surface area (Å²) in [6, 6.07) is 0.